The molecule has 0 aliphatic heterocycles. The molecule has 3 N–H and O–H groups in total. The van der Waals surface area contributed by atoms with Crippen molar-refractivity contribution in [3.05, 3.63) is 43.7 Å². The fourth-order valence-electron chi connectivity index (χ4n) is 2.85. The van der Waals surface area contributed by atoms with Crippen molar-refractivity contribution in [2.75, 3.05) is 5.32 Å². The monoisotopic (exact) mass is 424 g/mol. The number of rotatable bonds is 5. The molecule has 3 heterocycles. The van der Waals surface area contributed by atoms with Crippen molar-refractivity contribution in [3.63, 3.8) is 0 Å². The van der Waals surface area contributed by atoms with Gasteiger partial charge in [0.05, 0.1) is 10.6 Å². The topological polar surface area (TPSA) is 146 Å². The van der Waals surface area contributed by atoms with E-state index in [0.717, 1.165) is 17.4 Å². The first-order chi connectivity index (χ1) is 13.5. The maximum atomic E-state index is 13.0. The van der Waals surface area contributed by atoms with Crippen LogP contribution >= 0.6 is 11.3 Å². The Morgan fingerprint density at radius 3 is 2.59 bits per heavy atom. The van der Waals surface area contributed by atoms with E-state index < -0.39 is 40.2 Å². The zero-order chi connectivity index (χ0) is 21.6. The van der Waals surface area contributed by atoms with Gasteiger partial charge in [-0.15, -0.1) is 11.3 Å². The van der Waals surface area contributed by atoms with E-state index in [2.05, 4.69) is 15.4 Å². The van der Waals surface area contributed by atoms with Crippen LogP contribution in [0.5, 0.6) is 0 Å². The Morgan fingerprint density at radius 1 is 1.38 bits per heavy atom. The number of carbonyl (C=O) groups excluding carboxylic acids is 2. The summed E-state index contributed by atoms with van der Waals surface area (Å²) in [6, 6.07) is 1.13. The molecule has 3 aromatic rings. The van der Waals surface area contributed by atoms with Crippen molar-refractivity contribution in [1.29, 1.82) is 0 Å². The molecule has 13 heteroatoms. The Hall–Kier alpha value is -3.48. The fraction of sp³-hybridized carbons (Fsp3) is 0.250. The number of pyridine rings is 1. The summed E-state index contributed by atoms with van der Waals surface area (Å²) in [7, 11) is 1.44. The molecule has 29 heavy (non-hydrogen) atoms. The first kappa shape index (κ1) is 20.3. The van der Waals surface area contributed by atoms with Gasteiger partial charge in [0.25, 0.3) is 18.2 Å². The minimum atomic E-state index is -2.82. The Kier molecular flexibility index (Phi) is 5.00. The number of nitrogens with zero attached hydrogens (tertiary/aromatic N) is 4. The molecular formula is C16H14F2N6O4S. The van der Waals surface area contributed by atoms with Crippen molar-refractivity contribution in [2.24, 2.45) is 12.8 Å². The molecule has 0 aromatic carbocycles. The van der Waals surface area contributed by atoms with Gasteiger partial charge in [-0.2, -0.15) is 5.10 Å². The van der Waals surface area contributed by atoms with Crippen molar-refractivity contribution in [3.8, 4) is 0 Å². The second-order valence-corrected chi connectivity index (χ2v) is 7.13. The highest BCUT2D eigenvalue weighted by atomic mass is 32.1. The van der Waals surface area contributed by atoms with E-state index in [0.29, 0.717) is 5.56 Å². The molecule has 0 atom stereocenters. The molecule has 0 radical (unpaired) electrons. The number of nitrogens with one attached hydrogen (secondary N) is 1. The molecule has 0 saturated heterocycles. The number of nitrogens with two attached hydrogens (primary N) is 1. The predicted molar refractivity (Wildman–Crippen MR) is 100 cm³/mol. The van der Waals surface area contributed by atoms with Gasteiger partial charge < -0.3 is 11.1 Å². The van der Waals surface area contributed by atoms with Gasteiger partial charge in [0.15, 0.2) is 0 Å². The highest BCUT2D eigenvalue weighted by Gasteiger charge is 2.31. The summed E-state index contributed by atoms with van der Waals surface area (Å²) < 4.78 is 27.3. The highest BCUT2D eigenvalue weighted by molar-refractivity contribution is 7.21. The quantitative estimate of drug-likeness (QED) is 0.476. The maximum Gasteiger partial charge on any atom is 0.322 e. The number of alkyl halides is 2. The van der Waals surface area contributed by atoms with Crippen LogP contribution in [-0.2, 0) is 7.05 Å². The molecular weight excluding hydrogens is 410 g/mol. The zero-order valence-electron chi connectivity index (χ0n) is 15.3. The number of aryl methyl sites for hydroxylation is 2. The summed E-state index contributed by atoms with van der Waals surface area (Å²) in [6.07, 6.45) is -2.82. The van der Waals surface area contributed by atoms with Crippen LogP contribution in [-0.4, -0.2) is 31.5 Å². The number of primary amides is 1. The van der Waals surface area contributed by atoms with E-state index >= 15 is 0 Å². The number of carbonyl (C=O) groups is 2. The summed E-state index contributed by atoms with van der Waals surface area (Å²) >= 11 is 0.741. The molecule has 2 amide bonds. The summed E-state index contributed by atoms with van der Waals surface area (Å²) in [5, 5.41) is 17.9. The molecule has 0 spiro atoms. The Bertz CT molecular complexity index is 1190. The number of hydrogen-bond acceptors (Lipinski definition) is 7. The summed E-state index contributed by atoms with van der Waals surface area (Å²) in [4.78, 5) is 39.0. The third-order valence-electron chi connectivity index (χ3n) is 4.27. The van der Waals surface area contributed by atoms with Crippen LogP contribution in [0.4, 0.5) is 20.2 Å². The number of nitro groups is 1. The van der Waals surface area contributed by atoms with E-state index in [9.17, 15) is 28.5 Å². The van der Waals surface area contributed by atoms with Crippen molar-refractivity contribution < 1.29 is 23.3 Å². The molecule has 0 aliphatic rings. The summed E-state index contributed by atoms with van der Waals surface area (Å²) in [5.41, 5.74) is 4.37. The van der Waals surface area contributed by atoms with E-state index in [1.165, 1.54) is 25.6 Å². The third kappa shape index (κ3) is 3.40. The SMILES string of the molecule is Cc1cc(C(F)F)nc2sc(C(N)=O)c(NC(=O)c3nn(C)c(C)c3[N+](=O)[O-])c12. The summed E-state index contributed by atoms with van der Waals surface area (Å²) in [5.74, 6) is -1.85. The standard InChI is InChI=1S/C16H14F2N6O4S/c1-5-4-7(13(17)18)20-16-8(5)9(12(29-16)14(19)25)21-15(26)10-11(24(27)28)6(2)23(3)22-10/h4,13H,1-3H3,(H2,19,25)(H,21,26). The number of aromatic nitrogens is 3. The van der Waals surface area contributed by atoms with Gasteiger partial charge in [0.2, 0.25) is 5.69 Å². The van der Waals surface area contributed by atoms with Crippen LogP contribution in [0.15, 0.2) is 6.07 Å². The largest absolute Gasteiger partial charge is 0.365 e. The number of fused-ring (bicyclic) bond motifs is 1. The lowest BCUT2D eigenvalue weighted by Gasteiger charge is -2.07. The van der Waals surface area contributed by atoms with E-state index in [4.69, 9.17) is 5.73 Å². The van der Waals surface area contributed by atoms with Gasteiger partial charge in [-0.1, -0.05) is 0 Å². The highest BCUT2D eigenvalue weighted by Crippen LogP contribution is 2.38. The average molecular weight is 424 g/mol. The fourth-order valence-corrected chi connectivity index (χ4v) is 3.92. The van der Waals surface area contributed by atoms with Crippen LogP contribution in [0.2, 0.25) is 0 Å². The van der Waals surface area contributed by atoms with Gasteiger partial charge in [0.1, 0.15) is 21.1 Å². The normalized spacial score (nSPS) is 11.2. The first-order valence-corrected chi connectivity index (χ1v) is 8.85. The number of thiophene rings is 1. The van der Waals surface area contributed by atoms with Crippen LogP contribution in [0.25, 0.3) is 10.2 Å². The van der Waals surface area contributed by atoms with Gasteiger partial charge in [-0.05, 0) is 25.5 Å². The molecule has 3 aromatic heterocycles. The smallest absolute Gasteiger partial charge is 0.322 e. The Morgan fingerprint density at radius 2 is 2.03 bits per heavy atom. The van der Waals surface area contributed by atoms with Gasteiger partial charge >= 0.3 is 5.69 Å². The van der Waals surface area contributed by atoms with E-state index in [1.54, 1.807) is 0 Å². The van der Waals surface area contributed by atoms with E-state index in [-0.39, 0.29) is 26.5 Å². The minimum absolute atomic E-state index is 0.0501. The average Bonchev–Trinajstić information content (AvgIpc) is 3.13. The number of amides is 2. The van der Waals surface area contributed by atoms with Gasteiger partial charge in [-0.25, -0.2) is 13.8 Å². The van der Waals surface area contributed by atoms with Gasteiger partial charge in [0, 0.05) is 12.4 Å². The van der Waals surface area contributed by atoms with Crippen LogP contribution in [0.1, 0.15) is 43.5 Å². The second-order valence-electron chi connectivity index (χ2n) is 6.13. The molecule has 0 saturated carbocycles. The zero-order valence-corrected chi connectivity index (χ0v) is 16.1. The van der Waals surface area contributed by atoms with Crippen LogP contribution < -0.4 is 11.1 Å². The maximum absolute atomic E-state index is 13.0. The molecule has 10 nitrogen and oxygen atoms in total. The van der Waals surface area contributed by atoms with Crippen molar-refractivity contribution in [1.82, 2.24) is 14.8 Å². The van der Waals surface area contributed by atoms with Crippen LogP contribution in [0.3, 0.4) is 0 Å². The van der Waals surface area contributed by atoms with E-state index in [1.807, 2.05) is 0 Å². The lowest BCUT2D eigenvalue weighted by molar-refractivity contribution is -0.385. The molecule has 152 valence electrons. The third-order valence-corrected chi connectivity index (χ3v) is 5.36. The minimum Gasteiger partial charge on any atom is -0.365 e. The molecule has 0 aliphatic carbocycles. The lowest BCUT2D eigenvalue weighted by atomic mass is 10.1. The van der Waals surface area contributed by atoms with Crippen LogP contribution in [0, 0.1) is 24.0 Å². The second kappa shape index (κ2) is 7.16. The Labute approximate surface area is 165 Å². The molecule has 3 rings (SSSR count). The number of halogens is 2. The number of hydrogen-bond donors (Lipinski definition) is 2. The number of anilines is 1. The van der Waals surface area contributed by atoms with Crippen molar-refractivity contribution >= 4 is 44.7 Å². The van der Waals surface area contributed by atoms with Gasteiger partial charge in [-0.3, -0.25) is 24.4 Å². The lowest BCUT2D eigenvalue weighted by Crippen LogP contribution is -2.18. The summed E-state index contributed by atoms with van der Waals surface area (Å²) in [6.45, 7) is 2.94. The predicted octanol–water partition coefficient (Wildman–Crippen LogP) is 2.84. The first-order valence-electron chi connectivity index (χ1n) is 8.04. The van der Waals surface area contributed by atoms with Crippen molar-refractivity contribution in [2.45, 2.75) is 20.3 Å². The molecule has 0 unspecified atom stereocenters. The Balaban J connectivity index is 2.16. The molecule has 0 fully saturated rings. The molecule has 0 bridgehead atoms.